The van der Waals surface area contributed by atoms with Gasteiger partial charge < -0.3 is 4.42 Å². The predicted octanol–water partition coefficient (Wildman–Crippen LogP) is 4.35. The highest BCUT2D eigenvalue weighted by atomic mass is 32.2. The van der Waals surface area contributed by atoms with Crippen molar-refractivity contribution in [3.8, 4) is 11.5 Å². The molecule has 0 saturated heterocycles. The molecule has 0 atom stereocenters. The molecule has 1 aromatic heterocycles. The molecule has 0 bridgehead atoms. The van der Waals surface area contributed by atoms with Crippen molar-refractivity contribution < 1.29 is 17.6 Å². The van der Waals surface area contributed by atoms with Crippen LogP contribution in [0.2, 0.25) is 0 Å². The molecule has 9 heteroatoms. The maximum absolute atomic E-state index is 12.1. The highest BCUT2D eigenvalue weighted by Gasteiger charge is 2.14. The normalized spacial score (nSPS) is 11.4. The van der Waals surface area contributed by atoms with Crippen molar-refractivity contribution in [3.05, 3.63) is 54.1 Å². The third-order valence-corrected chi connectivity index (χ3v) is 7.20. The van der Waals surface area contributed by atoms with E-state index in [0.717, 1.165) is 12.2 Å². The molecule has 2 aromatic carbocycles. The Bertz CT molecular complexity index is 1090. The summed E-state index contributed by atoms with van der Waals surface area (Å²) in [5.41, 5.74) is 1.80. The van der Waals surface area contributed by atoms with E-state index in [-0.39, 0.29) is 28.5 Å². The van der Waals surface area contributed by atoms with Crippen LogP contribution < -0.4 is 5.32 Å². The molecular formula is C21H23N3O4S2. The fourth-order valence-corrected chi connectivity index (χ4v) is 4.34. The molecule has 158 valence electrons. The van der Waals surface area contributed by atoms with Crippen LogP contribution in [0.1, 0.15) is 25.3 Å². The third kappa shape index (κ3) is 5.93. The number of nitrogens with zero attached hydrogens (tertiary/aromatic N) is 2. The number of aromatic nitrogens is 2. The number of thioether (sulfide) groups is 1. The Morgan fingerprint density at radius 2 is 1.77 bits per heavy atom. The number of benzene rings is 2. The first kappa shape index (κ1) is 22.0. The van der Waals surface area contributed by atoms with E-state index in [1.54, 1.807) is 30.8 Å². The maximum atomic E-state index is 12.1. The van der Waals surface area contributed by atoms with Crippen molar-refractivity contribution in [2.24, 2.45) is 0 Å². The summed E-state index contributed by atoms with van der Waals surface area (Å²) in [6.07, 6.45) is 1.07. The predicted molar refractivity (Wildman–Crippen MR) is 117 cm³/mol. The summed E-state index contributed by atoms with van der Waals surface area (Å²) in [5.74, 6) is 0.880. The molecule has 0 radical (unpaired) electrons. The van der Waals surface area contributed by atoms with Gasteiger partial charge in [-0.1, -0.05) is 29.7 Å². The maximum Gasteiger partial charge on any atom is 0.322 e. The standard InChI is InChI=1S/C21H23N3O4S2/c1-3-30(26,27)18-12-8-16(9-13-18)20-23-24-21(28-20)22-19(25)5-4-14-29-17-10-6-15(2)7-11-17/h6-13H,3-5,14H2,1-2H3,(H,22,24,25). The first-order valence-corrected chi connectivity index (χ1v) is 12.2. The SMILES string of the molecule is CCS(=O)(=O)c1ccc(-c2nnc(NC(=O)CCCSc3ccc(C)cc3)o2)cc1. The molecule has 0 spiro atoms. The molecule has 1 amide bonds. The van der Waals surface area contributed by atoms with Crippen LogP contribution in [0.5, 0.6) is 0 Å². The van der Waals surface area contributed by atoms with Crippen LogP contribution >= 0.6 is 11.8 Å². The smallest absolute Gasteiger partial charge is 0.322 e. The van der Waals surface area contributed by atoms with Gasteiger partial charge >= 0.3 is 6.01 Å². The number of sulfone groups is 1. The molecule has 30 heavy (non-hydrogen) atoms. The molecule has 3 rings (SSSR count). The van der Waals surface area contributed by atoms with Gasteiger partial charge in [0.2, 0.25) is 11.8 Å². The molecule has 0 fully saturated rings. The van der Waals surface area contributed by atoms with Gasteiger partial charge in [-0.15, -0.1) is 16.9 Å². The van der Waals surface area contributed by atoms with Gasteiger partial charge in [0, 0.05) is 16.9 Å². The first-order chi connectivity index (χ1) is 14.4. The van der Waals surface area contributed by atoms with Crippen LogP contribution in [0, 0.1) is 6.92 Å². The van der Waals surface area contributed by atoms with E-state index in [9.17, 15) is 13.2 Å². The number of carbonyl (C=O) groups is 1. The Morgan fingerprint density at radius 3 is 2.43 bits per heavy atom. The molecule has 0 aliphatic rings. The van der Waals surface area contributed by atoms with Crippen LogP contribution in [0.4, 0.5) is 6.01 Å². The molecular weight excluding hydrogens is 422 g/mol. The Labute approximate surface area is 180 Å². The minimum absolute atomic E-state index is 0.0199. The van der Waals surface area contributed by atoms with E-state index in [1.165, 1.54) is 22.6 Å². The lowest BCUT2D eigenvalue weighted by atomic mass is 10.2. The quantitative estimate of drug-likeness (QED) is 0.386. The number of nitrogens with one attached hydrogen (secondary N) is 1. The van der Waals surface area contributed by atoms with E-state index in [1.807, 2.05) is 6.92 Å². The zero-order valence-corrected chi connectivity index (χ0v) is 18.4. The van der Waals surface area contributed by atoms with Crippen LogP contribution in [0.25, 0.3) is 11.5 Å². The van der Waals surface area contributed by atoms with Crippen molar-refractivity contribution in [2.45, 2.75) is 36.5 Å². The number of hydrogen-bond donors (Lipinski definition) is 1. The van der Waals surface area contributed by atoms with Crippen LogP contribution in [0.15, 0.2) is 62.7 Å². The average molecular weight is 446 g/mol. The zero-order chi connectivity index (χ0) is 21.6. The van der Waals surface area contributed by atoms with Crippen molar-refractivity contribution in [3.63, 3.8) is 0 Å². The summed E-state index contributed by atoms with van der Waals surface area (Å²) in [5, 5.41) is 10.3. The van der Waals surface area contributed by atoms with Crippen molar-refractivity contribution in [2.75, 3.05) is 16.8 Å². The van der Waals surface area contributed by atoms with Gasteiger partial charge in [-0.3, -0.25) is 10.1 Å². The van der Waals surface area contributed by atoms with E-state index in [2.05, 4.69) is 39.8 Å². The minimum Gasteiger partial charge on any atom is -0.403 e. The molecule has 1 heterocycles. The highest BCUT2D eigenvalue weighted by molar-refractivity contribution is 7.99. The Hall–Kier alpha value is -2.65. The van der Waals surface area contributed by atoms with Gasteiger partial charge in [0.1, 0.15) is 0 Å². The fourth-order valence-electron chi connectivity index (χ4n) is 2.60. The van der Waals surface area contributed by atoms with E-state index >= 15 is 0 Å². The minimum atomic E-state index is -3.26. The van der Waals surface area contributed by atoms with E-state index in [0.29, 0.717) is 12.0 Å². The van der Waals surface area contributed by atoms with Crippen molar-refractivity contribution in [1.29, 1.82) is 0 Å². The second kappa shape index (κ2) is 9.90. The van der Waals surface area contributed by atoms with Crippen LogP contribution in [0.3, 0.4) is 0 Å². The van der Waals surface area contributed by atoms with Crippen molar-refractivity contribution >= 4 is 33.5 Å². The lowest BCUT2D eigenvalue weighted by molar-refractivity contribution is -0.116. The van der Waals surface area contributed by atoms with Gasteiger partial charge in [-0.25, -0.2) is 8.42 Å². The number of rotatable bonds is 9. The van der Waals surface area contributed by atoms with E-state index in [4.69, 9.17) is 4.42 Å². The fraction of sp³-hybridized carbons (Fsp3) is 0.286. The molecule has 7 nitrogen and oxygen atoms in total. The summed E-state index contributed by atoms with van der Waals surface area (Å²) in [6, 6.07) is 14.5. The molecule has 3 aromatic rings. The number of anilines is 1. The summed E-state index contributed by atoms with van der Waals surface area (Å²) in [4.78, 5) is 13.5. The van der Waals surface area contributed by atoms with Crippen LogP contribution in [-0.2, 0) is 14.6 Å². The highest BCUT2D eigenvalue weighted by Crippen LogP contribution is 2.23. The summed E-state index contributed by atoms with van der Waals surface area (Å²) >= 11 is 1.71. The van der Waals surface area contributed by atoms with Gasteiger partial charge in [-0.2, -0.15) is 0 Å². The molecule has 0 aliphatic heterocycles. The van der Waals surface area contributed by atoms with Crippen molar-refractivity contribution in [1.82, 2.24) is 10.2 Å². The summed E-state index contributed by atoms with van der Waals surface area (Å²) < 4.78 is 29.2. The largest absolute Gasteiger partial charge is 0.403 e. The zero-order valence-electron chi connectivity index (χ0n) is 16.8. The molecule has 0 saturated carbocycles. The second-order valence-corrected chi connectivity index (χ2v) is 10.1. The first-order valence-electron chi connectivity index (χ1n) is 9.53. The number of carbonyl (C=O) groups excluding carboxylic acids is 1. The van der Waals surface area contributed by atoms with Gasteiger partial charge in [0.05, 0.1) is 10.6 Å². The Morgan fingerprint density at radius 1 is 1.07 bits per heavy atom. The number of aryl methyl sites for hydroxylation is 1. The number of hydrogen-bond acceptors (Lipinski definition) is 7. The monoisotopic (exact) mass is 445 g/mol. The Balaban J connectivity index is 1.48. The summed E-state index contributed by atoms with van der Waals surface area (Å²) in [6.45, 7) is 3.64. The third-order valence-electron chi connectivity index (χ3n) is 4.35. The summed E-state index contributed by atoms with van der Waals surface area (Å²) in [7, 11) is -3.26. The topological polar surface area (TPSA) is 102 Å². The van der Waals surface area contributed by atoms with E-state index < -0.39 is 9.84 Å². The van der Waals surface area contributed by atoms with Gasteiger partial charge in [0.25, 0.3) is 0 Å². The second-order valence-electron chi connectivity index (χ2n) is 6.65. The lowest BCUT2D eigenvalue weighted by Gasteiger charge is -2.03. The average Bonchev–Trinajstić information content (AvgIpc) is 3.21. The van der Waals surface area contributed by atoms with Crippen LogP contribution in [-0.4, -0.2) is 36.0 Å². The Kier molecular flexibility index (Phi) is 7.28. The van der Waals surface area contributed by atoms with Gasteiger partial charge in [0.15, 0.2) is 9.84 Å². The molecule has 0 unspecified atom stereocenters. The lowest BCUT2D eigenvalue weighted by Crippen LogP contribution is -2.11. The molecule has 1 N–H and O–H groups in total. The number of amides is 1. The molecule has 0 aliphatic carbocycles. The van der Waals surface area contributed by atoms with Gasteiger partial charge in [-0.05, 0) is 55.5 Å².